The van der Waals surface area contributed by atoms with E-state index in [-0.39, 0.29) is 12.1 Å². The fourth-order valence-corrected chi connectivity index (χ4v) is 3.71. The van der Waals surface area contributed by atoms with Crippen LogP contribution in [0.1, 0.15) is 29.3 Å². The van der Waals surface area contributed by atoms with E-state index >= 15 is 0 Å². The quantitative estimate of drug-likeness (QED) is 0.795. The molecule has 1 saturated heterocycles. The number of aliphatic hydroxyl groups is 1. The molecule has 3 heterocycles. The Balaban J connectivity index is 1.64. The molecule has 0 aliphatic carbocycles. The molecule has 1 aromatic carbocycles. The molecule has 5 heteroatoms. The lowest BCUT2D eigenvalue weighted by Crippen LogP contribution is -2.25. The first-order chi connectivity index (χ1) is 12.1. The maximum Gasteiger partial charge on any atom is 0.136 e. The van der Waals surface area contributed by atoms with Crippen molar-refractivity contribution in [3.8, 4) is 5.75 Å². The Morgan fingerprint density at radius 1 is 1.28 bits per heavy atom. The zero-order valence-electron chi connectivity index (χ0n) is 14.6. The van der Waals surface area contributed by atoms with E-state index in [1.54, 1.807) is 7.11 Å². The molecule has 25 heavy (non-hydrogen) atoms. The van der Waals surface area contributed by atoms with Gasteiger partial charge in [-0.05, 0) is 42.7 Å². The summed E-state index contributed by atoms with van der Waals surface area (Å²) in [5, 5.41) is 10.2. The number of aromatic nitrogens is 2. The van der Waals surface area contributed by atoms with Gasteiger partial charge in [0, 0.05) is 25.3 Å². The largest absolute Gasteiger partial charge is 0.497 e. The molecule has 2 atom stereocenters. The summed E-state index contributed by atoms with van der Waals surface area (Å²) in [5.41, 5.74) is 4.48. The Labute approximate surface area is 147 Å². The van der Waals surface area contributed by atoms with E-state index in [0.29, 0.717) is 6.54 Å². The molecule has 4 rings (SSSR count). The predicted molar refractivity (Wildman–Crippen MR) is 96.7 cm³/mol. The molecule has 2 aromatic heterocycles. The summed E-state index contributed by atoms with van der Waals surface area (Å²) in [6.45, 7) is 3.51. The number of likely N-dealkylation sites (tertiary alicyclic amines) is 1. The number of aliphatic hydroxyl groups excluding tert-OH is 1. The Hall–Kier alpha value is -2.37. The normalized spacial score (nSPS) is 21.1. The van der Waals surface area contributed by atoms with Crippen molar-refractivity contribution in [1.82, 2.24) is 14.3 Å². The lowest BCUT2D eigenvalue weighted by Gasteiger charge is -2.24. The van der Waals surface area contributed by atoms with E-state index in [1.807, 2.05) is 24.4 Å². The average Bonchev–Trinajstić information content (AvgIpc) is 3.18. The maximum atomic E-state index is 10.2. The van der Waals surface area contributed by atoms with Crippen LogP contribution in [-0.2, 0) is 6.54 Å². The van der Waals surface area contributed by atoms with E-state index in [2.05, 4.69) is 45.6 Å². The van der Waals surface area contributed by atoms with Crippen LogP contribution in [0.25, 0.3) is 5.65 Å². The summed E-state index contributed by atoms with van der Waals surface area (Å²) in [6.07, 6.45) is 4.48. The Kier molecular flexibility index (Phi) is 4.19. The van der Waals surface area contributed by atoms with Crippen LogP contribution in [0, 0.1) is 6.92 Å². The number of aryl methyl sites for hydroxylation is 1. The molecule has 130 valence electrons. The van der Waals surface area contributed by atoms with Gasteiger partial charge in [0.2, 0.25) is 0 Å². The van der Waals surface area contributed by atoms with Crippen molar-refractivity contribution in [3.63, 3.8) is 0 Å². The first kappa shape index (κ1) is 16.1. The number of rotatable bonds is 4. The molecule has 0 unspecified atom stereocenters. The van der Waals surface area contributed by atoms with Crippen molar-refractivity contribution < 1.29 is 9.84 Å². The van der Waals surface area contributed by atoms with Gasteiger partial charge in [-0.1, -0.05) is 18.2 Å². The summed E-state index contributed by atoms with van der Waals surface area (Å²) in [5.74, 6) is 0.851. The highest BCUT2D eigenvalue weighted by molar-refractivity contribution is 5.41. The molecule has 1 fully saturated rings. The third kappa shape index (κ3) is 3.13. The number of ether oxygens (including phenoxy) is 1. The topological polar surface area (TPSA) is 50.0 Å². The van der Waals surface area contributed by atoms with Crippen molar-refractivity contribution in [2.24, 2.45) is 0 Å². The van der Waals surface area contributed by atoms with Crippen LogP contribution in [0.15, 0.2) is 48.8 Å². The monoisotopic (exact) mass is 337 g/mol. The van der Waals surface area contributed by atoms with Gasteiger partial charge in [0.15, 0.2) is 0 Å². The molecule has 0 amide bonds. The van der Waals surface area contributed by atoms with Gasteiger partial charge in [0.05, 0.1) is 25.1 Å². The Morgan fingerprint density at radius 2 is 2.16 bits per heavy atom. The fraction of sp³-hybridized carbons (Fsp3) is 0.350. The third-order valence-corrected chi connectivity index (χ3v) is 4.96. The number of pyridine rings is 1. The van der Waals surface area contributed by atoms with Gasteiger partial charge in [-0.15, -0.1) is 0 Å². The second-order valence-corrected chi connectivity index (χ2v) is 6.80. The van der Waals surface area contributed by atoms with Crippen molar-refractivity contribution in [2.75, 3.05) is 13.7 Å². The highest BCUT2D eigenvalue weighted by Gasteiger charge is 2.32. The summed E-state index contributed by atoms with van der Waals surface area (Å²) >= 11 is 0. The maximum absolute atomic E-state index is 10.2. The van der Waals surface area contributed by atoms with E-state index in [9.17, 15) is 5.11 Å². The molecule has 0 spiro atoms. The molecule has 0 radical (unpaired) electrons. The first-order valence-electron chi connectivity index (χ1n) is 8.62. The lowest BCUT2D eigenvalue weighted by atomic mass is 10.0. The third-order valence-electron chi connectivity index (χ3n) is 4.96. The van der Waals surface area contributed by atoms with Crippen molar-refractivity contribution in [1.29, 1.82) is 0 Å². The number of β-amino-alcohol motifs (C(OH)–C–C–N with tert-alkyl or cyclic N) is 1. The minimum Gasteiger partial charge on any atom is -0.497 e. The molecule has 0 saturated carbocycles. The van der Waals surface area contributed by atoms with Gasteiger partial charge < -0.3 is 14.2 Å². The average molecular weight is 337 g/mol. The first-order valence-corrected chi connectivity index (χ1v) is 8.62. The molecular weight excluding hydrogens is 314 g/mol. The number of hydrogen-bond donors (Lipinski definition) is 1. The van der Waals surface area contributed by atoms with Gasteiger partial charge in [-0.2, -0.15) is 0 Å². The Morgan fingerprint density at radius 3 is 3.00 bits per heavy atom. The Bertz CT molecular complexity index is 890. The smallest absolute Gasteiger partial charge is 0.136 e. The zero-order chi connectivity index (χ0) is 17.4. The molecule has 1 N–H and O–H groups in total. The van der Waals surface area contributed by atoms with Crippen LogP contribution in [0.4, 0.5) is 0 Å². The van der Waals surface area contributed by atoms with Gasteiger partial charge in [0.1, 0.15) is 11.4 Å². The molecular formula is C20H23N3O2. The summed E-state index contributed by atoms with van der Waals surface area (Å²) in [7, 11) is 1.68. The van der Waals surface area contributed by atoms with Crippen molar-refractivity contribution in [2.45, 2.75) is 32.0 Å². The van der Waals surface area contributed by atoms with Crippen LogP contribution < -0.4 is 4.74 Å². The molecule has 3 aromatic rings. The van der Waals surface area contributed by atoms with Crippen LogP contribution >= 0.6 is 0 Å². The highest BCUT2D eigenvalue weighted by atomic mass is 16.5. The SMILES string of the molecule is COc1cccc([C@@H]2C[C@@H](O)CN2Cc2cnc3ccc(C)cn23)c1. The number of fused-ring (bicyclic) bond motifs is 1. The lowest BCUT2D eigenvalue weighted by molar-refractivity contribution is 0.172. The summed E-state index contributed by atoms with van der Waals surface area (Å²) in [4.78, 5) is 6.82. The van der Waals surface area contributed by atoms with Gasteiger partial charge >= 0.3 is 0 Å². The van der Waals surface area contributed by atoms with Crippen LogP contribution in [-0.4, -0.2) is 39.1 Å². The predicted octanol–water partition coefficient (Wildman–Crippen LogP) is 2.96. The van der Waals surface area contributed by atoms with Crippen LogP contribution in [0.2, 0.25) is 0 Å². The molecule has 1 aliphatic heterocycles. The minimum atomic E-state index is -0.308. The summed E-state index contributed by atoms with van der Waals surface area (Å²) in [6, 6.07) is 12.4. The van der Waals surface area contributed by atoms with Crippen molar-refractivity contribution in [3.05, 3.63) is 65.6 Å². The highest BCUT2D eigenvalue weighted by Crippen LogP contribution is 2.34. The van der Waals surface area contributed by atoms with E-state index in [4.69, 9.17) is 4.74 Å². The standard InChI is InChI=1S/C20H23N3O2/c1-14-6-7-20-21-10-16(23(20)11-14)12-22-13-17(24)9-19(22)15-4-3-5-18(8-15)25-2/h3-8,10-11,17,19,24H,9,12-13H2,1-2H3/t17-,19+/m1/s1. The number of methoxy groups -OCH3 is 1. The van der Waals surface area contributed by atoms with Crippen molar-refractivity contribution >= 4 is 5.65 Å². The molecule has 5 nitrogen and oxygen atoms in total. The number of benzene rings is 1. The summed E-state index contributed by atoms with van der Waals surface area (Å²) < 4.78 is 7.50. The second-order valence-electron chi connectivity index (χ2n) is 6.80. The zero-order valence-corrected chi connectivity index (χ0v) is 14.6. The van der Waals surface area contributed by atoms with Gasteiger partial charge in [-0.3, -0.25) is 4.90 Å². The number of nitrogens with zero attached hydrogens (tertiary/aromatic N) is 3. The molecule has 1 aliphatic rings. The van der Waals surface area contributed by atoms with Crippen LogP contribution in [0.3, 0.4) is 0 Å². The van der Waals surface area contributed by atoms with Gasteiger partial charge in [0.25, 0.3) is 0 Å². The van der Waals surface area contributed by atoms with E-state index in [1.165, 1.54) is 11.1 Å². The fourth-order valence-electron chi connectivity index (χ4n) is 3.71. The molecule has 0 bridgehead atoms. The second kappa shape index (κ2) is 6.50. The minimum absolute atomic E-state index is 0.181. The van der Waals surface area contributed by atoms with Crippen LogP contribution in [0.5, 0.6) is 5.75 Å². The van der Waals surface area contributed by atoms with E-state index in [0.717, 1.165) is 30.1 Å². The number of imidazole rings is 1. The van der Waals surface area contributed by atoms with E-state index < -0.39 is 0 Å². The number of hydrogen-bond acceptors (Lipinski definition) is 4. The van der Waals surface area contributed by atoms with Gasteiger partial charge in [-0.25, -0.2) is 4.98 Å².